The Hall–Kier alpha value is -4.25. The Labute approximate surface area is 241 Å². The van der Waals surface area contributed by atoms with Gasteiger partial charge in [-0.15, -0.1) is 18.3 Å². The lowest BCUT2D eigenvalue weighted by molar-refractivity contribution is -0.274. The van der Waals surface area contributed by atoms with E-state index in [-0.39, 0.29) is 17.7 Å². The molecule has 0 spiro atoms. The van der Waals surface area contributed by atoms with Crippen molar-refractivity contribution in [2.45, 2.75) is 45.9 Å². The summed E-state index contributed by atoms with van der Waals surface area (Å²) < 4.78 is 42.6. The van der Waals surface area contributed by atoms with E-state index < -0.39 is 6.36 Å². The second kappa shape index (κ2) is 12.9. The number of aromatic nitrogens is 3. The number of carbonyl (C=O) groups excluding carboxylic acids is 1. The van der Waals surface area contributed by atoms with Gasteiger partial charge in [0.15, 0.2) is 5.82 Å². The number of thiocarbonyl (C=S) groups is 1. The van der Waals surface area contributed by atoms with Crippen LogP contribution in [-0.4, -0.2) is 38.7 Å². The Balaban J connectivity index is 1.29. The van der Waals surface area contributed by atoms with Crippen LogP contribution >= 0.6 is 12.2 Å². The van der Waals surface area contributed by atoms with Gasteiger partial charge < -0.3 is 10.1 Å². The smallest absolute Gasteiger partial charge is 0.406 e. The highest BCUT2D eigenvalue weighted by atomic mass is 32.1. The number of alkyl halides is 3. The monoisotopic (exact) mass is 581 g/mol. The van der Waals surface area contributed by atoms with Crippen molar-refractivity contribution in [2.24, 2.45) is 0 Å². The van der Waals surface area contributed by atoms with Crippen molar-refractivity contribution in [3.63, 3.8) is 0 Å². The van der Waals surface area contributed by atoms with Gasteiger partial charge in [0.1, 0.15) is 17.1 Å². The van der Waals surface area contributed by atoms with E-state index in [4.69, 9.17) is 12.2 Å². The number of rotatable bonds is 9. The molecule has 1 heterocycles. The first-order valence-electron chi connectivity index (χ1n) is 13.1. The molecule has 0 unspecified atom stereocenters. The van der Waals surface area contributed by atoms with Crippen molar-refractivity contribution in [1.82, 2.24) is 25.4 Å². The molecule has 2 amide bonds. The average Bonchev–Trinajstić information content (AvgIpc) is 3.41. The standard InChI is InChI=1S/C30H30F3N5O2S/c1-19(2)25-14-9-20(3)16-26(25)28(41)36-29(39)34-15-5-7-21-6-4-8-22(17-21)27-35-18-38(37-27)23-10-12-24(13-11-23)40-30(31,32)33/h4,6,8-14,16-19H,5,7,15H2,1-3H3,(H2,34,36,39,41). The van der Waals surface area contributed by atoms with Crippen LogP contribution in [0.1, 0.15) is 48.4 Å². The highest BCUT2D eigenvalue weighted by Crippen LogP contribution is 2.24. The molecular formula is C30H30F3N5O2S. The summed E-state index contributed by atoms with van der Waals surface area (Å²) in [5.41, 5.74) is 5.42. The summed E-state index contributed by atoms with van der Waals surface area (Å²) in [6.07, 6.45) is -1.83. The first-order chi connectivity index (χ1) is 19.5. The van der Waals surface area contributed by atoms with E-state index in [1.54, 1.807) is 0 Å². The van der Waals surface area contributed by atoms with E-state index in [0.29, 0.717) is 29.5 Å². The molecule has 0 bridgehead atoms. The third kappa shape index (κ3) is 8.37. The number of ether oxygens (including phenoxy) is 1. The molecule has 11 heteroatoms. The van der Waals surface area contributed by atoms with E-state index in [1.165, 1.54) is 35.3 Å². The van der Waals surface area contributed by atoms with Gasteiger partial charge in [-0.05, 0) is 73.2 Å². The highest BCUT2D eigenvalue weighted by Gasteiger charge is 2.31. The van der Waals surface area contributed by atoms with E-state index in [0.717, 1.165) is 34.2 Å². The van der Waals surface area contributed by atoms with Gasteiger partial charge >= 0.3 is 12.4 Å². The topological polar surface area (TPSA) is 81.1 Å². The number of halogens is 3. The summed E-state index contributed by atoms with van der Waals surface area (Å²) in [5.74, 6) is 0.447. The summed E-state index contributed by atoms with van der Waals surface area (Å²) in [7, 11) is 0. The van der Waals surface area contributed by atoms with Crippen LogP contribution in [0.5, 0.6) is 5.75 Å². The molecule has 7 nitrogen and oxygen atoms in total. The zero-order valence-electron chi connectivity index (χ0n) is 22.8. The van der Waals surface area contributed by atoms with Crippen molar-refractivity contribution < 1.29 is 22.7 Å². The summed E-state index contributed by atoms with van der Waals surface area (Å²) in [6, 6.07) is 18.9. The van der Waals surface area contributed by atoms with Crippen molar-refractivity contribution in [1.29, 1.82) is 0 Å². The lowest BCUT2D eigenvalue weighted by atomic mass is 9.95. The number of aryl methyl sites for hydroxylation is 2. The fourth-order valence-corrected chi connectivity index (χ4v) is 4.53. The van der Waals surface area contributed by atoms with Crippen molar-refractivity contribution in [2.75, 3.05) is 6.54 Å². The van der Waals surface area contributed by atoms with E-state index >= 15 is 0 Å². The Morgan fingerprint density at radius 2 is 1.83 bits per heavy atom. The molecule has 0 fully saturated rings. The predicted octanol–water partition coefficient (Wildman–Crippen LogP) is 6.87. The van der Waals surface area contributed by atoms with E-state index in [9.17, 15) is 18.0 Å². The van der Waals surface area contributed by atoms with Gasteiger partial charge in [0.05, 0.1) is 5.69 Å². The first kappa shape index (κ1) is 29.7. The molecule has 0 radical (unpaired) electrons. The van der Waals surface area contributed by atoms with Crippen molar-refractivity contribution in [3.05, 3.63) is 95.3 Å². The number of hydrogen-bond acceptors (Lipinski definition) is 5. The van der Waals surface area contributed by atoms with Crippen molar-refractivity contribution in [3.8, 4) is 22.8 Å². The molecule has 3 aromatic carbocycles. The van der Waals surface area contributed by atoms with Crippen LogP contribution in [0, 0.1) is 6.92 Å². The molecule has 4 rings (SSSR count). The maximum atomic E-state index is 12.5. The maximum Gasteiger partial charge on any atom is 0.573 e. The normalized spacial score (nSPS) is 11.4. The maximum absolute atomic E-state index is 12.5. The lowest BCUT2D eigenvalue weighted by Gasteiger charge is -2.15. The Kier molecular flexibility index (Phi) is 9.38. The molecule has 0 saturated carbocycles. The minimum atomic E-state index is -4.75. The highest BCUT2D eigenvalue weighted by molar-refractivity contribution is 7.80. The van der Waals surface area contributed by atoms with Gasteiger partial charge in [-0.3, -0.25) is 5.32 Å². The average molecular weight is 582 g/mol. The zero-order chi connectivity index (χ0) is 29.6. The predicted molar refractivity (Wildman–Crippen MR) is 155 cm³/mol. The molecule has 0 aliphatic carbocycles. The quantitative estimate of drug-likeness (QED) is 0.167. The van der Waals surface area contributed by atoms with Crippen LogP contribution in [0.25, 0.3) is 17.1 Å². The molecule has 41 heavy (non-hydrogen) atoms. The van der Waals surface area contributed by atoms with Gasteiger partial charge in [-0.2, -0.15) is 0 Å². The Morgan fingerprint density at radius 1 is 1.07 bits per heavy atom. The number of amides is 2. The number of nitrogens with one attached hydrogen (secondary N) is 2. The molecule has 0 aliphatic rings. The largest absolute Gasteiger partial charge is 0.573 e. The Bertz CT molecular complexity index is 1520. The molecular weight excluding hydrogens is 551 g/mol. The number of nitrogens with zero attached hydrogens (tertiary/aromatic N) is 3. The second-order valence-corrected chi connectivity index (χ2v) is 10.2. The summed E-state index contributed by atoms with van der Waals surface area (Å²) in [6.45, 7) is 6.63. The van der Waals surface area contributed by atoms with Crippen LogP contribution in [0.3, 0.4) is 0 Å². The zero-order valence-corrected chi connectivity index (χ0v) is 23.6. The van der Waals surface area contributed by atoms with Crippen LogP contribution in [0.4, 0.5) is 18.0 Å². The molecule has 2 N–H and O–H groups in total. The van der Waals surface area contributed by atoms with Gasteiger partial charge in [0.25, 0.3) is 0 Å². The fourth-order valence-electron chi connectivity index (χ4n) is 4.27. The minimum Gasteiger partial charge on any atom is -0.406 e. The molecule has 4 aromatic rings. The Morgan fingerprint density at radius 3 is 2.54 bits per heavy atom. The van der Waals surface area contributed by atoms with Gasteiger partial charge in [-0.25, -0.2) is 14.5 Å². The molecule has 0 saturated heterocycles. The van der Waals surface area contributed by atoms with Crippen molar-refractivity contribution >= 4 is 23.2 Å². The van der Waals surface area contributed by atoms with Crippen LogP contribution in [0.15, 0.2) is 73.1 Å². The first-order valence-corrected chi connectivity index (χ1v) is 13.5. The van der Waals surface area contributed by atoms with E-state index in [2.05, 4.69) is 39.3 Å². The molecule has 0 aliphatic heterocycles. The van der Waals surface area contributed by atoms with E-state index in [1.807, 2.05) is 49.4 Å². The SMILES string of the molecule is Cc1ccc(C(C)C)c(C(=S)NC(=O)NCCCc2cccc(-c3ncn(-c4ccc(OC(F)(F)F)cc4)n3)c2)c1. The minimum absolute atomic E-state index is 0.279. The van der Waals surface area contributed by atoms with Gasteiger partial charge in [0, 0.05) is 17.7 Å². The number of urea groups is 1. The molecule has 214 valence electrons. The third-order valence-electron chi connectivity index (χ3n) is 6.24. The van der Waals surface area contributed by atoms with Crippen LogP contribution in [0.2, 0.25) is 0 Å². The number of benzene rings is 3. The second-order valence-electron chi connectivity index (χ2n) is 9.81. The molecule has 0 atom stereocenters. The van der Waals surface area contributed by atoms with Gasteiger partial charge in [0.2, 0.25) is 0 Å². The van der Waals surface area contributed by atoms with Gasteiger partial charge in [-0.1, -0.05) is 62.0 Å². The third-order valence-corrected chi connectivity index (χ3v) is 6.56. The summed E-state index contributed by atoms with van der Waals surface area (Å²) in [4.78, 5) is 17.2. The lowest BCUT2D eigenvalue weighted by Crippen LogP contribution is -2.39. The number of carbonyl (C=O) groups is 1. The van der Waals surface area contributed by atoms with Crippen LogP contribution < -0.4 is 15.4 Å². The van der Waals surface area contributed by atoms with Crippen LogP contribution in [-0.2, 0) is 6.42 Å². The fraction of sp³-hybridized carbons (Fsp3) is 0.267. The summed E-state index contributed by atoms with van der Waals surface area (Å²) in [5, 5.41) is 10.1. The number of hydrogen-bond donors (Lipinski definition) is 2. The summed E-state index contributed by atoms with van der Waals surface area (Å²) >= 11 is 5.50. The molecule has 1 aromatic heterocycles.